The third kappa shape index (κ3) is 3.22. The Balaban J connectivity index is 2.32. The number of hydrogen-bond donors (Lipinski definition) is 1. The molecule has 2 rings (SSSR count). The van der Waals surface area contributed by atoms with Crippen LogP contribution in [0.5, 0.6) is 0 Å². The van der Waals surface area contributed by atoms with Gasteiger partial charge in [0.15, 0.2) is 0 Å². The number of nitrogens with one attached hydrogen (secondary N) is 1. The van der Waals surface area contributed by atoms with Gasteiger partial charge in [0.2, 0.25) is 0 Å². The average molecular weight is 278 g/mol. The minimum absolute atomic E-state index is 0.0977. The van der Waals surface area contributed by atoms with Gasteiger partial charge in [0, 0.05) is 29.6 Å². The van der Waals surface area contributed by atoms with E-state index in [1.54, 1.807) is 11.3 Å². The van der Waals surface area contributed by atoms with Gasteiger partial charge < -0.3 is 5.32 Å². The highest BCUT2D eigenvalue weighted by Gasteiger charge is 2.22. The number of hydrogen-bond acceptors (Lipinski definition) is 4. The lowest BCUT2D eigenvalue weighted by Gasteiger charge is -2.16. The highest BCUT2D eigenvalue weighted by atomic mass is 32.1. The van der Waals surface area contributed by atoms with E-state index >= 15 is 0 Å². The highest BCUT2D eigenvalue weighted by molar-refractivity contribution is 7.09. The summed E-state index contributed by atoms with van der Waals surface area (Å²) in [5.41, 5.74) is 2.42. The van der Waals surface area contributed by atoms with Crippen LogP contribution in [0.25, 0.3) is 0 Å². The average Bonchev–Trinajstić information content (AvgIpc) is 2.93. The Morgan fingerprint density at radius 2 is 2.16 bits per heavy atom. The van der Waals surface area contributed by atoms with E-state index in [0.29, 0.717) is 0 Å². The van der Waals surface area contributed by atoms with Crippen molar-refractivity contribution in [2.24, 2.45) is 7.05 Å². The number of thiazole rings is 1. The zero-order valence-electron chi connectivity index (χ0n) is 12.3. The summed E-state index contributed by atoms with van der Waals surface area (Å²) < 4.78 is 1.83. The molecule has 2 heterocycles. The van der Waals surface area contributed by atoms with E-state index in [4.69, 9.17) is 4.98 Å². The maximum Gasteiger partial charge on any atom is 0.115 e. The predicted octanol–water partition coefficient (Wildman–Crippen LogP) is 2.87. The molecule has 0 saturated heterocycles. The minimum Gasteiger partial charge on any atom is -0.304 e. The van der Waals surface area contributed by atoms with Crippen LogP contribution >= 0.6 is 11.3 Å². The lowest BCUT2D eigenvalue weighted by molar-refractivity contribution is 0.562. The summed E-state index contributed by atoms with van der Waals surface area (Å²) in [5, 5.41) is 11.0. The van der Waals surface area contributed by atoms with Crippen LogP contribution < -0.4 is 5.32 Å². The van der Waals surface area contributed by atoms with Crippen molar-refractivity contribution in [3.63, 3.8) is 0 Å². The first-order valence-electron chi connectivity index (χ1n) is 6.59. The van der Waals surface area contributed by atoms with Crippen molar-refractivity contribution in [1.29, 1.82) is 0 Å². The summed E-state index contributed by atoms with van der Waals surface area (Å²) in [5.74, 6) is 0. The fraction of sp³-hybridized carbons (Fsp3) is 0.571. The van der Waals surface area contributed by atoms with Gasteiger partial charge in [-0.25, -0.2) is 4.98 Å². The van der Waals surface area contributed by atoms with Crippen LogP contribution in [0.1, 0.15) is 50.0 Å². The summed E-state index contributed by atoms with van der Waals surface area (Å²) in [6.45, 7) is 9.60. The first-order valence-corrected chi connectivity index (χ1v) is 7.47. The molecule has 0 aliphatic heterocycles. The summed E-state index contributed by atoms with van der Waals surface area (Å²) >= 11 is 1.72. The Labute approximate surface area is 118 Å². The third-order valence-electron chi connectivity index (χ3n) is 3.00. The Kier molecular flexibility index (Phi) is 4.06. The molecular formula is C14H22N4S. The number of nitrogens with zero attached hydrogens (tertiary/aromatic N) is 3. The van der Waals surface area contributed by atoms with Crippen LogP contribution in [0, 0.1) is 0 Å². The molecule has 19 heavy (non-hydrogen) atoms. The Morgan fingerprint density at radius 3 is 2.63 bits per heavy atom. The van der Waals surface area contributed by atoms with Gasteiger partial charge in [0.25, 0.3) is 0 Å². The van der Waals surface area contributed by atoms with E-state index in [0.717, 1.165) is 17.2 Å². The maximum absolute atomic E-state index is 4.81. The second-order valence-corrected chi connectivity index (χ2v) is 6.65. The molecule has 0 aromatic carbocycles. The van der Waals surface area contributed by atoms with Gasteiger partial charge in [0.1, 0.15) is 5.01 Å². The van der Waals surface area contributed by atoms with Crippen molar-refractivity contribution < 1.29 is 0 Å². The van der Waals surface area contributed by atoms with E-state index in [-0.39, 0.29) is 11.5 Å². The Hall–Kier alpha value is -1.20. The van der Waals surface area contributed by atoms with E-state index in [2.05, 4.69) is 43.5 Å². The summed E-state index contributed by atoms with van der Waals surface area (Å²) in [4.78, 5) is 4.81. The van der Waals surface area contributed by atoms with Gasteiger partial charge in [-0.2, -0.15) is 5.10 Å². The topological polar surface area (TPSA) is 42.7 Å². The SMILES string of the molecule is CCNC(c1cnn(C)c1)c1nc(C(C)(C)C)cs1. The molecule has 0 saturated carbocycles. The molecule has 4 nitrogen and oxygen atoms in total. The van der Waals surface area contributed by atoms with Crippen LogP contribution in [0.15, 0.2) is 17.8 Å². The quantitative estimate of drug-likeness (QED) is 0.935. The second kappa shape index (κ2) is 5.43. The fourth-order valence-electron chi connectivity index (χ4n) is 1.91. The lowest BCUT2D eigenvalue weighted by atomic mass is 9.93. The van der Waals surface area contributed by atoms with E-state index < -0.39 is 0 Å². The van der Waals surface area contributed by atoms with Gasteiger partial charge in [-0.15, -0.1) is 11.3 Å². The van der Waals surface area contributed by atoms with Crippen molar-refractivity contribution >= 4 is 11.3 Å². The summed E-state index contributed by atoms with van der Waals surface area (Å²) in [7, 11) is 1.94. The minimum atomic E-state index is 0.0977. The molecule has 2 aromatic heterocycles. The van der Waals surface area contributed by atoms with Gasteiger partial charge >= 0.3 is 0 Å². The molecule has 1 unspecified atom stereocenters. The first kappa shape index (κ1) is 14.2. The lowest BCUT2D eigenvalue weighted by Crippen LogP contribution is -2.22. The monoisotopic (exact) mass is 278 g/mol. The predicted molar refractivity (Wildman–Crippen MR) is 79.5 cm³/mol. The summed E-state index contributed by atoms with van der Waals surface area (Å²) in [6, 6.07) is 0.139. The molecule has 0 aliphatic carbocycles. The van der Waals surface area contributed by atoms with Crippen LogP contribution in [0.4, 0.5) is 0 Å². The third-order valence-corrected chi connectivity index (χ3v) is 3.91. The molecule has 0 amide bonds. The van der Waals surface area contributed by atoms with Crippen molar-refractivity contribution in [1.82, 2.24) is 20.1 Å². The molecule has 0 radical (unpaired) electrons. The summed E-state index contributed by atoms with van der Waals surface area (Å²) in [6.07, 6.45) is 3.96. The molecular weight excluding hydrogens is 256 g/mol. The zero-order chi connectivity index (χ0) is 14.0. The van der Waals surface area contributed by atoms with Crippen LogP contribution in [-0.4, -0.2) is 21.3 Å². The molecule has 1 N–H and O–H groups in total. The maximum atomic E-state index is 4.81. The Morgan fingerprint density at radius 1 is 1.42 bits per heavy atom. The number of aromatic nitrogens is 3. The Bertz CT molecular complexity index is 536. The normalized spacial score (nSPS) is 13.7. The standard InChI is InChI=1S/C14H22N4S/c1-6-15-12(10-7-16-18(5)8-10)13-17-11(9-19-13)14(2,3)4/h7-9,12,15H,6H2,1-5H3. The van der Waals surface area contributed by atoms with Crippen molar-refractivity contribution in [3.8, 4) is 0 Å². The van der Waals surface area contributed by atoms with E-state index in [9.17, 15) is 0 Å². The molecule has 0 fully saturated rings. The van der Waals surface area contributed by atoms with Crippen molar-refractivity contribution in [2.75, 3.05) is 6.54 Å². The van der Waals surface area contributed by atoms with Gasteiger partial charge in [-0.1, -0.05) is 27.7 Å². The van der Waals surface area contributed by atoms with Crippen LogP contribution in [-0.2, 0) is 12.5 Å². The van der Waals surface area contributed by atoms with Crippen molar-refractivity contribution in [2.45, 2.75) is 39.2 Å². The van der Waals surface area contributed by atoms with Gasteiger partial charge in [-0.3, -0.25) is 4.68 Å². The van der Waals surface area contributed by atoms with Crippen LogP contribution in [0.2, 0.25) is 0 Å². The van der Waals surface area contributed by atoms with Gasteiger partial charge in [-0.05, 0) is 6.54 Å². The largest absolute Gasteiger partial charge is 0.304 e. The van der Waals surface area contributed by atoms with Crippen LogP contribution in [0.3, 0.4) is 0 Å². The zero-order valence-corrected chi connectivity index (χ0v) is 13.1. The number of rotatable bonds is 4. The van der Waals surface area contributed by atoms with Crippen molar-refractivity contribution in [3.05, 3.63) is 34.0 Å². The van der Waals surface area contributed by atoms with E-state index in [1.165, 1.54) is 5.56 Å². The van der Waals surface area contributed by atoms with E-state index in [1.807, 2.05) is 24.1 Å². The fourth-order valence-corrected chi connectivity index (χ4v) is 3.05. The smallest absolute Gasteiger partial charge is 0.115 e. The first-order chi connectivity index (χ1) is 8.91. The highest BCUT2D eigenvalue weighted by Crippen LogP contribution is 2.29. The number of aryl methyl sites for hydroxylation is 1. The molecule has 2 aromatic rings. The molecule has 0 bridgehead atoms. The van der Waals surface area contributed by atoms with Gasteiger partial charge in [0.05, 0.1) is 17.9 Å². The second-order valence-electron chi connectivity index (χ2n) is 5.76. The molecule has 104 valence electrons. The molecule has 5 heteroatoms. The molecule has 1 atom stereocenters. The molecule has 0 spiro atoms. The molecule has 0 aliphatic rings.